The molecule has 0 spiro atoms. The molecule has 2 aromatic carbocycles. The third kappa shape index (κ3) is 6.52. The van der Waals surface area contributed by atoms with E-state index in [1.807, 2.05) is 38.1 Å². The maximum absolute atomic E-state index is 15.3. The molecular weight excluding hydrogens is 587 g/mol. The summed E-state index contributed by atoms with van der Waals surface area (Å²) >= 11 is 6.21. The lowest BCUT2D eigenvalue weighted by atomic mass is 9.68. The van der Waals surface area contributed by atoms with Crippen LogP contribution in [0.2, 0.25) is 5.02 Å². The molecule has 1 fully saturated rings. The second-order valence-electron chi connectivity index (χ2n) is 12.5. The Labute approximate surface area is 262 Å². The van der Waals surface area contributed by atoms with Gasteiger partial charge in [-0.15, -0.1) is 6.58 Å². The highest BCUT2D eigenvalue weighted by molar-refractivity contribution is 7.84. The van der Waals surface area contributed by atoms with E-state index in [4.69, 9.17) is 21.1 Å². The summed E-state index contributed by atoms with van der Waals surface area (Å²) < 4.78 is 43.9. The van der Waals surface area contributed by atoms with Gasteiger partial charge < -0.3 is 14.4 Å². The van der Waals surface area contributed by atoms with Gasteiger partial charge in [0.05, 0.1) is 28.7 Å². The van der Waals surface area contributed by atoms with Gasteiger partial charge in [0.2, 0.25) is 0 Å². The number of hydrogen-bond acceptors (Lipinski definition) is 5. The Hall–Kier alpha value is -2.42. The zero-order valence-electron chi connectivity index (χ0n) is 25.6. The summed E-state index contributed by atoms with van der Waals surface area (Å²) in [6.07, 6.45) is 6.31. The number of nitrogens with one attached hydrogen (secondary N) is 1. The van der Waals surface area contributed by atoms with E-state index >= 15 is 4.39 Å². The Kier molecular flexibility index (Phi) is 10.2. The van der Waals surface area contributed by atoms with Crippen LogP contribution in [0.4, 0.5) is 10.1 Å². The molecule has 2 bridgehead atoms. The standard InChI is InChI=1S/C34H44ClFN2O4S/c1-6-8-28-26(12-13-29(35)33(28)36)25-18-38-17-24-9-11-27(24)32(41-5)16-22(7-2)20(3)21(4)43(40)37-34(39)23-10-14-31(42-19-25)30(38)15-23/h7,10,12-15,20-22,24-25,27,32H,2,6,8-9,11,16-19H2,1,3-5H3,(H,37,39)/t20-,21?,22?,24?,25?,27?,32?,43?/m1/s1. The molecule has 8 atom stereocenters. The Balaban J connectivity index is 1.56. The number of methoxy groups -OCH3 is 1. The smallest absolute Gasteiger partial charge is 0.263 e. The van der Waals surface area contributed by atoms with E-state index in [2.05, 4.69) is 23.1 Å². The van der Waals surface area contributed by atoms with Gasteiger partial charge in [0, 0.05) is 31.7 Å². The van der Waals surface area contributed by atoms with Crippen molar-refractivity contribution >= 4 is 34.2 Å². The molecule has 9 heteroatoms. The van der Waals surface area contributed by atoms with Crippen LogP contribution in [0.1, 0.15) is 73.9 Å². The molecule has 1 saturated carbocycles. The molecule has 0 radical (unpaired) electrons. The maximum Gasteiger partial charge on any atom is 0.263 e. The van der Waals surface area contributed by atoms with Crippen LogP contribution in [0, 0.1) is 29.5 Å². The van der Waals surface area contributed by atoms with E-state index in [1.165, 1.54) is 0 Å². The summed E-state index contributed by atoms with van der Waals surface area (Å²) in [7, 11) is 0.195. The van der Waals surface area contributed by atoms with Crippen LogP contribution in [0.3, 0.4) is 0 Å². The van der Waals surface area contributed by atoms with E-state index < -0.39 is 11.0 Å². The first kappa shape index (κ1) is 32.0. The first-order valence-corrected chi connectivity index (χ1v) is 17.1. The molecule has 2 heterocycles. The van der Waals surface area contributed by atoms with Crippen molar-refractivity contribution in [3.05, 3.63) is 70.5 Å². The summed E-state index contributed by atoms with van der Waals surface area (Å²) in [6.45, 7) is 11.9. The highest BCUT2D eigenvalue weighted by atomic mass is 35.5. The molecule has 234 valence electrons. The Bertz CT molecular complexity index is 1370. The molecule has 0 saturated heterocycles. The number of halogens is 2. The van der Waals surface area contributed by atoms with Crippen molar-refractivity contribution in [1.82, 2.24) is 4.72 Å². The number of amides is 1. The van der Waals surface area contributed by atoms with E-state index in [9.17, 15) is 9.00 Å². The zero-order chi connectivity index (χ0) is 30.8. The molecule has 6 nitrogen and oxygen atoms in total. The monoisotopic (exact) mass is 630 g/mol. The topological polar surface area (TPSA) is 67.9 Å². The number of carbonyl (C=O) groups is 1. The molecule has 3 aliphatic rings. The molecule has 1 N–H and O–H groups in total. The molecule has 5 rings (SSSR count). The van der Waals surface area contributed by atoms with Crippen LogP contribution in [-0.4, -0.2) is 48.3 Å². The van der Waals surface area contributed by atoms with Gasteiger partial charge >= 0.3 is 0 Å². The Morgan fingerprint density at radius 1 is 1.23 bits per heavy atom. The van der Waals surface area contributed by atoms with E-state index in [-0.39, 0.29) is 45.9 Å². The molecule has 1 aliphatic carbocycles. The van der Waals surface area contributed by atoms with Crippen LogP contribution in [-0.2, 0) is 22.1 Å². The molecule has 2 aromatic rings. The lowest BCUT2D eigenvalue weighted by Gasteiger charge is -2.45. The van der Waals surface area contributed by atoms with Crippen LogP contribution < -0.4 is 14.4 Å². The average molecular weight is 631 g/mol. The van der Waals surface area contributed by atoms with Crippen LogP contribution in [0.15, 0.2) is 43.0 Å². The van der Waals surface area contributed by atoms with Gasteiger partial charge in [-0.3, -0.25) is 9.52 Å². The van der Waals surface area contributed by atoms with E-state index in [1.54, 1.807) is 19.2 Å². The molecule has 7 unspecified atom stereocenters. The minimum Gasteiger partial charge on any atom is -0.491 e. The maximum atomic E-state index is 15.3. The molecule has 0 aromatic heterocycles. The van der Waals surface area contributed by atoms with Crippen molar-refractivity contribution in [2.75, 3.05) is 31.7 Å². The van der Waals surface area contributed by atoms with Crippen molar-refractivity contribution in [3.63, 3.8) is 0 Å². The number of hydrogen-bond donors (Lipinski definition) is 1. The molecular formula is C34H44ClFN2O4S. The summed E-state index contributed by atoms with van der Waals surface area (Å²) in [5.74, 6) is 0.715. The minimum absolute atomic E-state index is 0.0335. The summed E-state index contributed by atoms with van der Waals surface area (Å²) in [4.78, 5) is 15.7. The Morgan fingerprint density at radius 2 is 2.02 bits per heavy atom. The minimum atomic E-state index is -1.59. The van der Waals surface area contributed by atoms with Gasteiger partial charge in [0.1, 0.15) is 22.6 Å². The molecule has 43 heavy (non-hydrogen) atoms. The third-order valence-electron chi connectivity index (χ3n) is 10.1. The predicted molar refractivity (Wildman–Crippen MR) is 172 cm³/mol. The van der Waals surface area contributed by atoms with Gasteiger partial charge in [-0.05, 0) is 91.7 Å². The lowest BCUT2D eigenvalue weighted by molar-refractivity contribution is -0.0294. The SMILES string of the molecule is C=CC1CC(OC)C2CCC2CN2CC(c3ccc(Cl)c(F)c3CCC)COc3ccc(cc32)C(=O)NS(=O)C(C)[C@H]1C. The summed E-state index contributed by atoms with van der Waals surface area (Å²) in [6, 6.07) is 8.97. The first-order chi connectivity index (χ1) is 20.7. The molecule has 2 aliphatic heterocycles. The first-order valence-electron chi connectivity index (χ1n) is 15.5. The van der Waals surface area contributed by atoms with Crippen LogP contribution in [0.5, 0.6) is 5.75 Å². The van der Waals surface area contributed by atoms with Crippen molar-refractivity contribution in [2.45, 2.75) is 70.1 Å². The van der Waals surface area contributed by atoms with Crippen molar-refractivity contribution in [3.8, 4) is 5.75 Å². The van der Waals surface area contributed by atoms with Gasteiger partial charge in [0.25, 0.3) is 5.91 Å². The second kappa shape index (κ2) is 13.7. The lowest BCUT2D eigenvalue weighted by Crippen LogP contribution is -2.45. The van der Waals surface area contributed by atoms with Gasteiger partial charge in [0.15, 0.2) is 0 Å². The summed E-state index contributed by atoms with van der Waals surface area (Å²) in [5, 5.41) is -0.137. The highest BCUT2D eigenvalue weighted by Gasteiger charge is 2.41. The fourth-order valence-corrected chi connectivity index (χ4v) is 8.37. The van der Waals surface area contributed by atoms with Gasteiger partial charge in [-0.25, -0.2) is 8.60 Å². The van der Waals surface area contributed by atoms with Crippen molar-refractivity contribution < 1.29 is 22.9 Å². The predicted octanol–water partition coefficient (Wildman–Crippen LogP) is 7.08. The quantitative estimate of drug-likeness (QED) is 0.358. The van der Waals surface area contributed by atoms with E-state index in [0.717, 1.165) is 43.5 Å². The fourth-order valence-electron chi connectivity index (χ4n) is 7.11. The van der Waals surface area contributed by atoms with Gasteiger partial charge in [-0.1, -0.05) is 44.0 Å². The number of allylic oxidation sites excluding steroid dienone is 1. The number of nitrogens with zero attached hydrogens (tertiary/aromatic N) is 1. The number of carbonyl (C=O) groups excluding carboxylic acids is 1. The summed E-state index contributed by atoms with van der Waals surface area (Å²) in [5.41, 5.74) is 2.82. The van der Waals surface area contributed by atoms with Crippen LogP contribution >= 0.6 is 11.6 Å². The van der Waals surface area contributed by atoms with Crippen LogP contribution in [0.25, 0.3) is 0 Å². The number of ether oxygens (including phenoxy) is 2. The van der Waals surface area contributed by atoms with E-state index in [0.29, 0.717) is 48.3 Å². The van der Waals surface area contributed by atoms with Crippen molar-refractivity contribution in [2.24, 2.45) is 23.7 Å². The average Bonchev–Trinajstić information content (AvgIpc) is 3.17. The largest absolute Gasteiger partial charge is 0.491 e. The van der Waals surface area contributed by atoms with Gasteiger partial charge in [-0.2, -0.15) is 0 Å². The number of benzene rings is 2. The second-order valence-corrected chi connectivity index (χ2v) is 14.4. The highest BCUT2D eigenvalue weighted by Crippen LogP contribution is 2.44. The number of fused-ring (bicyclic) bond motifs is 2. The number of rotatable bonds is 5. The normalized spacial score (nSPS) is 31.3. The third-order valence-corrected chi connectivity index (χ3v) is 11.9. The molecule has 1 amide bonds. The fraction of sp³-hybridized carbons (Fsp3) is 0.559. The zero-order valence-corrected chi connectivity index (χ0v) is 27.2. The number of anilines is 1. The van der Waals surface area contributed by atoms with Crippen molar-refractivity contribution in [1.29, 1.82) is 0 Å². The Morgan fingerprint density at radius 3 is 2.70 bits per heavy atom.